The average Bonchev–Trinajstić information content (AvgIpc) is 2.51. The van der Waals surface area contributed by atoms with Crippen molar-refractivity contribution in [1.82, 2.24) is 0 Å². The van der Waals surface area contributed by atoms with E-state index in [9.17, 15) is 4.79 Å². The van der Waals surface area contributed by atoms with Crippen molar-refractivity contribution in [1.29, 1.82) is 0 Å². The molecule has 0 saturated carbocycles. The van der Waals surface area contributed by atoms with Gasteiger partial charge in [0.25, 0.3) is 0 Å². The number of ether oxygens (including phenoxy) is 2. The van der Waals surface area contributed by atoms with E-state index >= 15 is 0 Å². The van der Waals surface area contributed by atoms with E-state index in [1.165, 1.54) is 0 Å². The predicted molar refractivity (Wildman–Crippen MR) is 96.3 cm³/mol. The van der Waals surface area contributed by atoms with Crippen molar-refractivity contribution in [2.24, 2.45) is 0 Å². The molecule has 6 heteroatoms. The van der Waals surface area contributed by atoms with E-state index in [-0.39, 0.29) is 12.3 Å². The first kappa shape index (κ1) is 16.3. The molecule has 23 heavy (non-hydrogen) atoms. The maximum atomic E-state index is 12.3. The molecule has 0 unspecified atom stereocenters. The summed E-state index contributed by atoms with van der Waals surface area (Å²) in [7, 11) is 0. The summed E-state index contributed by atoms with van der Waals surface area (Å²) in [5.41, 5.74) is 2.68. The van der Waals surface area contributed by atoms with Gasteiger partial charge in [-0.1, -0.05) is 31.9 Å². The van der Waals surface area contributed by atoms with Crippen LogP contribution in [0.1, 0.15) is 11.1 Å². The number of aryl methyl sites for hydroxylation is 1. The molecule has 0 bridgehead atoms. The number of hydrogen-bond donors (Lipinski definition) is 1. The van der Waals surface area contributed by atoms with Crippen molar-refractivity contribution >= 4 is 43.5 Å². The van der Waals surface area contributed by atoms with Crippen LogP contribution in [0.2, 0.25) is 0 Å². The first-order valence-electron chi connectivity index (χ1n) is 7.17. The van der Waals surface area contributed by atoms with Crippen LogP contribution >= 0.6 is 31.9 Å². The number of rotatable bonds is 3. The summed E-state index contributed by atoms with van der Waals surface area (Å²) < 4.78 is 12.9. The Morgan fingerprint density at radius 2 is 1.83 bits per heavy atom. The number of halogens is 2. The van der Waals surface area contributed by atoms with Gasteiger partial charge in [-0.15, -0.1) is 0 Å². The highest BCUT2D eigenvalue weighted by Crippen LogP contribution is 2.35. The maximum absolute atomic E-state index is 12.3. The molecule has 2 aromatic carbocycles. The average molecular weight is 441 g/mol. The van der Waals surface area contributed by atoms with Crippen molar-refractivity contribution in [3.8, 4) is 11.5 Å². The molecule has 0 fully saturated rings. The van der Waals surface area contributed by atoms with Crippen LogP contribution in [0.4, 0.5) is 5.69 Å². The number of carbonyl (C=O) groups is 1. The minimum Gasteiger partial charge on any atom is -0.486 e. The number of fused-ring (bicyclic) bond motifs is 1. The van der Waals surface area contributed by atoms with Gasteiger partial charge in [0, 0.05) is 14.6 Å². The highest BCUT2D eigenvalue weighted by molar-refractivity contribution is 9.10. The number of anilines is 1. The lowest BCUT2D eigenvalue weighted by molar-refractivity contribution is -0.115. The molecular weight excluding hydrogens is 426 g/mol. The zero-order valence-corrected chi connectivity index (χ0v) is 15.7. The van der Waals surface area contributed by atoms with Crippen LogP contribution in [0.15, 0.2) is 39.3 Å². The highest BCUT2D eigenvalue weighted by atomic mass is 79.9. The topological polar surface area (TPSA) is 47.6 Å². The van der Waals surface area contributed by atoms with Gasteiger partial charge in [-0.3, -0.25) is 4.79 Å². The molecule has 1 aliphatic rings. The fourth-order valence-electron chi connectivity index (χ4n) is 2.38. The molecule has 2 aromatic rings. The first-order valence-corrected chi connectivity index (χ1v) is 8.75. The monoisotopic (exact) mass is 439 g/mol. The van der Waals surface area contributed by atoms with Crippen molar-refractivity contribution < 1.29 is 14.3 Å². The minimum atomic E-state index is -0.0761. The fourth-order valence-corrected chi connectivity index (χ4v) is 3.31. The molecule has 4 nitrogen and oxygen atoms in total. The predicted octanol–water partition coefficient (Wildman–Crippen LogP) is 4.47. The van der Waals surface area contributed by atoms with Gasteiger partial charge in [0.15, 0.2) is 11.5 Å². The molecule has 0 radical (unpaired) electrons. The Bertz CT molecular complexity index is 762. The lowest BCUT2D eigenvalue weighted by Crippen LogP contribution is -2.18. The Balaban J connectivity index is 1.75. The Hall–Kier alpha value is -1.53. The Morgan fingerprint density at radius 1 is 1.13 bits per heavy atom. The number of carbonyl (C=O) groups excluding carboxylic acids is 1. The molecule has 0 spiro atoms. The minimum absolute atomic E-state index is 0.0761. The summed E-state index contributed by atoms with van der Waals surface area (Å²) in [5, 5.41) is 2.94. The van der Waals surface area contributed by atoms with E-state index in [1.54, 1.807) is 0 Å². The van der Waals surface area contributed by atoms with Crippen LogP contribution in [-0.4, -0.2) is 19.1 Å². The molecule has 0 saturated heterocycles. The lowest BCUT2D eigenvalue weighted by Gasteiger charge is -2.20. The number of hydrogen-bond acceptors (Lipinski definition) is 3. The summed E-state index contributed by atoms with van der Waals surface area (Å²) in [5.74, 6) is 1.31. The van der Waals surface area contributed by atoms with Crippen molar-refractivity contribution in [2.45, 2.75) is 13.3 Å². The molecule has 1 heterocycles. The Morgan fingerprint density at radius 3 is 2.52 bits per heavy atom. The second kappa shape index (κ2) is 6.93. The molecular formula is C17H15Br2NO3. The molecule has 1 aliphatic heterocycles. The Kier molecular flexibility index (Phi) is 4.92. The van der Waals surface area contributed by atoms with Crippen molar-refractivity contribution in [3.05, 3.63) is 50.4 Å². The first-order chi connectivity index (χ1) is 11.0. The standard InChI is InChI=1S/C17H15Br2NO3/c1-10-6-12(18)2-3-14(10)20-17(21)8-11-7-15-16(9-13(11)19)23-5-4-22-15/h2-3,6-7,9H,4-5,8H2,1H3,(H,20,21). The van der Waals surface area contributed by atoms with Gasteiger partial charge in [-0.05, 0) is 48.4 Å². The summed E-state index contributed by atoms with van der Waals surface area (Å²) in [6.07, 6.45) is 0.257. The maximum Gasteiger partial charge on any atom is 0.228 e. The summed E-state index contributed by atoms with van der Waals surface area (Å²) in [6.45, 7) is 3.03. The van der Waals surface area contributed by atoms with Crippen LogP contribution in [0.5, 0.6) is 11.5 Å². The van der Waals surface area contributed by atoms with E-state index in [0.717, 1.165) is 25.8 Å². The molecule has 1 amide bonds. The lowest BCUT2D eigenvalue weighted by atomic mass is 10.1. The molecule has 3 rings (SSSR count). The largest absolute Gasteiger partial charge is 0.486 e. The highest BCUT2D eigenvalue weighted by Gasteiger charge is 2.16. The van der Waals surface area contributed by atoms with Gasteiger partial charge >= 0.3 is 0 Å². The van der Waals surface area contributed by atoms with Gasteiger partial charge in [0.05, 0.1) is 6.42 Å². The summed E-state index contributed by atoms with van der Waals surface area (Å²) in [4.78, 5) is 12.3. The Labute approximate surface area is 151 Å². The molecule has 0 aliphatic carbocycles. The summed E-state index contributed by atoms with van der Waals surface area (Å²) >= 11 is 6.91. The van der Waals surface area contributed by atoms with Crippen LogP contribution in [0.3, 0.4) is 0 Å². The smallest absolute Gasteiger partial charge is 0.228 e. The number of amides is 1. The third-order valence-electron chi connectivity index (χ3n) is 3.52. The molecule has 0 atom stereocenters. The SMILES string of the molecule is Cc1cc(Br)ccc1NC(=O)Cc1cc2c(cc1Br)OCCO2. The third-order valence-corrected chi connectivity index (χ3v) is 4.76. The second-order valence-electron chi connectivity index (χ2n) is 5.27. The normalized spacial score (nSPS) is 12.8. The number of benzene rings is 2. The molecule has 1 N–H and O–H groups in total. The van der Waals surface area contributed by atoms with Gasteiger partial charge in [-0.25, -0.2) is 0 Å². The summed E-state index contributed by atoms with van der Waals surface area (Å²) in [6, 6.07) is 9.46. The fraction of sp³-hybridized carbons (Fsp3) is 0.235. The van der Waals surface area contributed by atoms with Gasteiger partial charge < -0.3 is 14.8 Å². The molecule has 120 valence electrons. The van der Waals surface area contributed by atoms with Crippen LogP contribution < -0.4 is 14.8 Å². The van der Waals surface area contributed by atoms with E-state index in [0.29, 0.717) is 24.7 Å². The van der Waals surface area contributed by atoms with E-state index < -0.39 is 0 Å². The van der Waals surface area contributed by atoms with Crippen LogP contribution in [0, 0.1) is 6.92 Å². The molecule has 0 aromatic heterocycles. The van der Waals surface area contributed by atoms with Gasteiger partial charge in [-0.2, -0.15) is 0 Å². The van der Waals surface area contributed by atoms with E-state index in [4.69, 9.17) is 9.47 Å². The number of nitrogens with one attached hydrogen (secondary N) is 1. The van der Waals surface area contributed by atoms with Crippen LogP contribution in [-0.2, 0) is 11.2 Å². The van der Waals surface area contributed by atoms with Crippen molar-refractivity contribution in [2.75, 3.05) is 18.5 Å². The van der Waals surface area contributed by atoms with Gasteiger partial charge in [0.2, 0.25) is 5.91 Å². The third kappa shape index (κ3) is 3.87. The second-order valence-corrected chi connectivity index (χ2v) is 7.04. The van der Waals surface area contributed by atoms with Crippen LogP contribution in [0.25, 0.3) is 0 Å². The van der Waals surface area contributed by atoms with E-state index in [1.807, 2.05) is 37.3 Å². The zero-order valence-electron chi connectivity index (χ0n) is 12.5. The van der Waals surface area contributed by atoms with E-state index in [2.05, 4.69) is 37.2 Å². The van der Waals surface area contributed by atoms with Gasteiger partial charge in [0.1, 0.15) is 13.2 Å². The van der Waals surface area contributed by atoms with Crippen molar-refractivity contribution in [3.63, 3.8) is 0 Å². The zero-order chi connectivity index (χ0) is 16.4. The quantitative estimate of drug-likeness (QED) is 0.765.